The molecule has 4 atom stereocenters. The number of likely N-dealkylation sites (tertiary alicyclic amines) is 1. The number of rotatable bonds is 8. The standard InChI is InChI=1S/C32H27N3O6/c1-41-25-18-14-21(15-19-25)28-27(30(36)22-8-4-2-5-9-22)26(20-12-16-24(17-13-20)35(39)40)29(31(33)37)34(28)32(38)23-10-6-3-7-11-23/h2-19,26-29H,1H3,(H2,33,37). The van der Waals surface area contributed by atoms with Crippen LogP contribution in [0.3, 0.4) is 0 Å². The smallest absolute Gasteiger partial charge is 0.269 e. The third kappa shape index (κ3) is 5.17. The van der Waals surface area contributed by atoms with Crippen LogP contribution in [0.4, 0.5) is 5.69 Å². The SMILES string of the molecule is COc1ccc(C2C(C(=O)c3ccccc3)C(c3ccc([N+](=O)[O-])cc3)C(C(N)=O)N2C(=O)c2ccccc2)cc1. The number of Topliss-reactive ketones (excluding diaryl/α,β-unsaturated/α-hetero) is 1. The first kappa shape index (κ1) is 27.3. The average Bonchev–Trinajstić information content (AvgIpc) is 3.37. The van der Waals surface area contributed by atoms with Gasteiger partial charge in [-0.05, 0) is 35.4 Å². The molecule has 0 aliphatic carbocycles. The van der Waals surface area contributed by atoms with Crippen LogP contribution < -0.4 is 10.5 Å². The second-order valence-corrected chi connectivity index (χ2v) is 9.77. The summed E-state index contributed by atoms with van der Waals surface area (Å²) in [6.07, 6.45) is 0. The molecule has 1 saturated heterocycles. The van der Waals surface area contributed by atoms with Crippen LogP contribution in [-0.2, 0) is 4.79 Å². The third-order valence-electron chi connectivity index (χ3n) is 7.52. The molecular formula is C32H27N3O6. The van der Waals surface area contributed by atoms with Gasteiger partial charge in [0.05, 0.1) is 24.0 Å². The van der Waals surface area contributed by atoms with Gasteiger partial charge in [0, 0.05) is 29.2 Å². The Kier molecular flexibility index (Phi) is 7.60. The second kappa shape index (κ2) is 11.4. The molecule has 2 amide bonds. The number of non-ortho nitro benzene ring substituents is 1. The maximum atomic E-state index is 14.4. The normalized spacial score (nSPS) is 19.9. The molecule has 2 N–H and O–H groups in total. The van der Waals surface area contributed by atoms with Gasteiger partial charge in [-0.25, -0.2) is 0 Å². The van der Waals surface area contributed by atoms with Crippen LogP contribution >= 0.6 is 0 Å². The molecule has 9 heteroatoms. The minimum Gasteiger partial charge on any atom is -0.497 e. The molecule has 206 valence electrons. The number of hydrogen-bond donors (Lipinski definition) is 1. The first-order chi connectivity index (χ1) is 19.8. The summed E-state index contributed by atoms with van der Waals surface area (Å²) in [4.78, 5) is 54.1. The van der Waals surface area contributed by atoms with Crippen molar-refractivity contribution >= 4 is 23.3 Å². The zero-order valence-corrected chi connectivity index (χ0v) is 22.1. The molecule has 1 aliphatic rings. The number of hydrogen-bond acceptors (Lipinski definition) is 6. The summed E-state index contributed by atoms with van der Waals surface area (Å²) in [6, 6.07) is 27.6. The van der Waals surface area contributed by atoms with E-state index in [0.717, 1.165) is 0 Å². The number of nitro groups is 1. The number of nitrogens with two attached hydrogens (primary N) is 1. The molecule has 1 heterocycles. The molecule has 5 rings (SSSR count). The highest BCUT2D eigenvalue weighted by Gasteiger charge is 2.57. The fourth-order valence-corrected chi connectivity index (χ4v) is 5.69. The number of methoxy groups -OCH3 is 1. The predicted octanol–water partition coefficient (Wildman–Crippen LogP) is 4.94. The fourth-order valence-electron chi connectivity index (χ4n) is 5.69. The summed E-state index contributed by atoms with van der Waals surface area (Å²) in [5.74, 6) is -2.80. The van der Waals surface area contributed by atoms with Crippen molar-refractivity contribution in [2.24, 2.45) is 11.7 Å². The van der Waals surface area contributed by atoms with Gasteiger partial charge in [-0.2, -0.15) is 0 Å². The van der Waals surface area contributed by atoms with Gasteiger partial charge in [0.25, 0.3) is 11.6 Å². The summed E-state index contributed by atoms with van der Waals surface area (Å²) in [5, 5.41) is 11.4. The molecule has 0 spiro atoms. The molecule has 0 aromatic heterocycles. The Morgan fingerprint density at radius 1 is 0.780 bits per heavy atom. The van der Waals surface area contributed by atoms with Crippen molar-refractivity contribution in [3.63, 3.8) is 0 Å². The maximum absolute atomic E-state index is 14.4. The lowest BCUT2D eigenvalue weighted by Gasteiger charge is -2.31. The average molecular weight is 550 g/mol. The van der Waals surface area contributed by atoms with Crippen molar-refractivity contribution in [3.05, 3.63) is 142 Å². The van der Waals surface area contributed by atoms with Crippen LogP contribution in [0.25, 0.3) is 0 Å². The van der Waals surface area contributed by atoms with Crippen LogP contribution in [0, 0.1) is 16.0 Å². The van der Waals surface area contributed by atoms with Crippen molar-refractivity contribution in [2.75, 3.05) is 7.11 Å². The first-order valence-electron chi connectivity index (χ1n) is 13.0. The topological polar surface area (TPSA) is 133 Å². The molecule has 0 radical (unpaired) electrons. The van der Waals surface area contributed by atoms with Gasteiger partial charge in [0.15, 0.2) is 5.78 Å². The predicted molar refractivity (Wildman–Crippen MR) is 151 cm³/mol. The lowest BCUT2D eigenvalue weighted by molar-refractivity contribution is -0.384. The number of amides is 2. The van der Waals surface area contributed by atoms with Gasteiger partial charge in [0.1, 0.15) is 11.8 Å². The molecule has 0 bridgehead atoms. The van der Waals surface area contributed by atoms with Crippen molar-refractivity contribution in [1.29, 1.82) is 0 Å². The minimum absolute atomic E-state index is 0.141. The van der Waals surface area contributed by atoms with Gasteiger partial charge < -0.3 is 15.4 Å². The first-order valence-corrected chi connectivity index (χ1v) is 13.0. The Morgan fingerprint density at radius 2 is 1.32 bits per heavy atom. The van der Waals surface area contributed by atoms with Crippen LogP contribution in [0.2, 0.25) is 0 Å². The van der Waals surface area contributed by atoms with Crippen LogP contribution in [0.15, 0.2) is 109 Å². The van der Waals surface area contributed by atoms with E-state index in [9.17, 15) is 24.5 Å². The lowest BCUT2D eigenvalue weighted by Crippen LogP contribution is -2.46. The highest BCUT2D eigenvalue weighted by molar-refractivity contribution is 6.04. The van der Waals surface area contributed by atoms with E-state index in [1.54, 1.807) is 84.9 Å². The molecule has 0 saturated carbocycles. The van der Waals surface area contributed by atoms with Crippen LogP contribution in [0.1, 0.15) is 43.8 Å². The van der Waals surface area contributed by atoms with Crippen LogP contribution in [-0.4, -0.2) is 40.6 Å². The van der Waals surface area contributed by atoms with E-state index in [1.807, 2.05) is 0 Å². The highest BCUT2D eigenvalue weighted by Crippen LogP contribution is 2.52. The number of nitrogens with zero attached hydrogens (tertiary/aromatic N) is 2. The quantitative estimate of drug-likeness (QED) is 0.188. The molecular weight excluding hydrogens is 522 g/mol. The maximum Gasteiger partial charge on any atom is 0.269 e. The molecule has 1 fully saturated rings. The molecule has 4 aromatic carbocycles. The number of ether oxygens (including phenoxy) is 1. The van der Waals surface area contributed by atoms with Gasteiger partial charge >= 0.3 is 0 Å². The number of carbonyl (C=O) groups excluding carboxylic acids is 3. The van der Waals surface area contributed by atoms with Gasteiger partial charge in [0.2, 0.25) is 5.91 Å². The van der Waals surface area contributed by atoms with E-state index in [-0.39, 0.29) is 11.5 Å². The Balaban J connectivity index is 1.77. The summed E-state index contributed by atoms with van der Waals surface area (Å²) < 4.78 is 5.32. The number of nitro benzene ring substituents is 1. The Labute approximate surface area is 236 Å². The Bertz CT molecular complexity index is 1570. The van der Waals surface area contributed by atoms with Gasteiger partial charge in [-0.1, -0.05) is 72.8 Å². The van der Waals surface area contributed by atoms with E-state index in [0.29, 0.717) is 28.0 Å². The summed E-state index contributed by atoms with van der Waals surface area (Å²) in [6.45, 7) is 0. The van der Waals surface area contributed by atoms with Crippen LogP contribution in [0.5, 0.6) is 5.75 Å². The Hall–Kier alpha value is -5.31. The molecule has 9 nitrogen and oxygen atoms in total. The lowest BCUT2D eigenvalue weighted by atomic mass is 9.76. The van der Waals surface area contributed by atoms with Crippen molar-refractivity contribution in [1.82, 2.24) is 4.90 Å². The summed E-state index contributed by atoms with van der Waals surface area (Å²) in [7, 11) is 1.53. The summed E-state index contributed by atoms with van der Waals surface area (Å²) >= 11 is 0. The van der Waals surface area contributed by atoms with E-state index in [2.05, 4.69) is 0 Å². The molecule has 4 unspecified atom stereocenters. The second-order valence-electron chi connectivity index (χ2n) is 9.77. The number of benzene rings is 4. The van der Waals surface area contributed by atoms with E-state index < -0.39 is 40.7 Å². The number of ketones is 1. The fraction of sp³-hybridized carbons (Fsp3) is 0.156. The highest BCUT2D eigenvalue weighted by atomic mass is 16.6. The summed E-state index contributed by atoms with van der Waals surface area (Å²) in [5.41, 5.74) is 7.71. The molecule has 1 aliphatic heterocycles. The van der Waals surface area contributed by atoms with E-state index >= 15 is 0 Å². The molecule has 4 aromatic rings. The van der Waals surface area contributed by atoms with Crippen molar-refractivity contribution < 1.29 is 24.0 Å². The Morgan fingerprint density at radius 3 is 1.83 bits per heavy atom. The third-order valence-corrected chi connectivity index (χ3v) is 7.52. The minimum atomic E-state index is -1.23. The number of primary amides is 1. The zero-order chi connectivity index (χ0) is 29.1. The zero-order valence-electron chi connectivity index (χ0n) is 22.1. The van der Waals surface area contributed by atoms with Gasteiger partial charge in [-0.3, -0.25) is 24.5 Å². The largest absolute Gasteiger partial charge is 0.497 e. The number of carbonyl (C=O) groups is 3. The van der Waals surface area contributed by atoms with E-state index in [1.165, 1.54) is 36.3 Å². The van der Waals surface area contributed by atoms with Gasteiger partial charge in [-0.15, -0.1) is 0 Å². The monoisotopic (exact) mass is 549 g/mol. The van der Waals surface area contributed by atoms with Crippen molar-refractivity contribution in [2.45, 2.75) is 18.0 Å². The molecule has 41 heavy (non-hydrogen) atoms. The van der Waals surface area contributed by atoms with Crippen molar-refractivity contribution in [3.8, 4) is 5.75 Å². The van der Waals surface area contributed by atoms with E-state index in [4.69, 9.17) is 10.5 Å².